The van der Waals surface area contributed by atoms with Crippen LogP contribution in [0, 0.1) is 0 Å². The van der Waals surface area contributed by atoms with Crippen LogP contribution in [-0.2, 0) is 10.9 Å². The largest absolute Gasteiger partial charge is 0.416 e. The second kappa shape index (κ2) is 7.61. The van der Waals surface area contributed by atoms with Crippen LogP contribution in [-0.4, -0.2) is 31.4 Å². The van der Waals surface area contributed by atoms with E-state index in [9.17, 15) is 18.3 Å². The number of aliphatic hydroxyl groups is 1. The number of aliphatic hydroxyl groups excluding tert-OH is 1. The van der Waals surface area contributed by atoms with E-state index in [1.807, 2.05) is 6.92 Å². The maximum absolute atomic E-state index is 12.4. The molecule has 0 radical (unpaired) electrons. The van der Waals surface area contributed by atoms with E-state index in [0.29, 0.717) is 12.2 Å². The standard InChI is InChI=1S/C14H20F3NO2/c1-10(7-8-20-2)18-9-13(19)11-3-5-12(6-4-11)14(15,16)17/h3-6,10,13,18-19H,7-9H2,1-2H3. The van der Waals surface area contributed by atoms with E-state index in [2.05, 4.69) is 5.32 Å². The van der Waals surface area contributed by atoms with Crippen LogP contribution >= 0.6 is 0 Å². The highest BCUT2D eigenvalue weighted by Crippen LogP contribution is 2.29. The van der Waals surface area contributed by atoms with Crippen LogP contribution in [0.15, 0.2) is 24.3 Å². The Labute approximate surface area is 116 Å². The number of benzene rings is 1. The first-order valence-corrected chi connectivity index (χ1v) is 6.42. The SMILES string of the molecule is COCCC(C)NCC(O)c1ccc(C(F)(F)F)cc1. The monoisotopic (exact) mass is 291 g/mol. The van der Waals surface area contributed by atoms with Crippen molar-refractivity contribution >= 4 is 0 Å². The van der Waals surface area contributed by atoms with Crippen molar-refractivity contribution in [2.24, 2.45) is 0 Å². The molecule has 1 aromatic carbocycles. The van der Waals surface area contributed by atoms with Crippen molar-refractivity contribution in [1.82, 2.24) is 5.32 Å². The van der Waals surface area contributed by atoms with Gasteiger partial charge in [-0.15, -0.1) is 0 Å². The van der Waals surface area contributed by atoms with Gasteiger partial charge in [0.25, 0.3) is 0 Å². The van der Waals surface area contributed by atoms with Crippen molar-refractivity contribution < 1.29 is 23.0 Å². The first-order valence-electron chi connectivity index (χ1n) is 6.42. The number of halogens is 3. The molecule has 1 aromatic rings. The molecule has 2 N–H and O–H groups in total. The number of methoxy groups -OCH3 is 1. The molecular formula is C14H20F3NO2. The van der Waals surface area contributed by atoms with Crippen LogP contribution in [0.5, 0.6) is 0 Å². The fourth-order valence-electron chi connectivity index (χ4n) is 1.72. The molecule has 20 heavy (non-hydrogen) atoms. The second-order valence-corrected chi connectivity index (χ2v) is 4.73. The molecule has 0 aliphatic rings. The molecule has 0 saturated carbocycles. The minimum absolute atomic E-state index is 0.166. The van der Waals surface area contributed by atoms with Gasteiger partial charge in [0.05, 0.1) is 11.7 Å². The zero-order valence-corrected chi connectivity index (χ0v) is 11.6. The molecule has 0 aromatic heterocycles. The van der Waals surface area contributed by atoms with Crippen LogP contribution in [0.1, 0.15) is 30.6 Å². The number of ether oxygens (including phenoxy) is 1. The summed E-state index contributed by atoms with van der Waals surface area (Å²) >= 11 is 0. The number of rotatable bonds is 7. The van der Waals surface area contributed by atoms with Gasteiger partial charge in [-0.2, -0.15) is 13.2 Å². The van der Waals surface area contributed by atoms with Crippen LogP contribution in [0.4, 0.5) is 13.2 Å². The predicted octanol–water partition coefficient (Wildman–Crippen LogP) is 2.75. The average Bonchev–Trinajstić information content (AvgIpc) is 2.41. The number of nitrogens with one attached hydrogen (secondary N) is 1. The van der Waals surface area contributed by atoms with Crippen molar-refractivity contribution in [3.8, 4) is 0 Å². The lowest BCUT2D eigenvalue weighted by molar-refractivity contribution is -0.137. The highest BCUT2D eigenvalue weighted by atomic mass is 19.4. The van der Waals surface area contributed by atoms with Gasteiger partial charge in [-0.3, -0.25) is 0 Å². The van der Waals surface area contributed by atoms with Crippen LogP contribution in [0.2, 0.25) is 0 Å². The van der Waals surface area contributed by atoms with Gasteiger partial charge in [0.15, 0.2) is 0 Å². The third-order valence-electron chi connectivity index (χ3n) is 3.04. The molecule has 0 amide bonds. The molecule has 0 heterocycles. The summed E-state index contributed by atoms with van der Waals surface area (Å²) in [5, 5.41) is 13.0. The zero-order valence-electron chi connectivity index (χ0n) is 11.6. The predicted molar refractivity (Wildman–Crippen MR) is 70.4 cm³/mol. The van der Waals surface area contributed by atoms with E-state index < -0.39 is 17.8 Å². The number of alkyl halides is 3. The normalized spacial score (nSPS) is 15.1. The van der Waals surface area contributed by atoms with Crippen molar-refractivity contribution in [3.05, 3.63) is 35.4 Å². The average molecular weight is 291 g/mol. The molecular weight excluding hydrogens is 271 g/mol. The maximum atomic E-state index is 12.4. The second-order valence-electron chi connectivity index (χ2n) is 4.73. The zero-order chi connectivity index (χ0) is 15.2. The van der Waals surface area contributed by atoms with Crippen LogP contribution in [0.3, 0.4) is 0 Å². The summed E-state index contributed by atoms with van der Waals surface area (Å²) in [7, 11) is 1.61. The van der Waals surface area contributed by atoms with Gasteiger partial charge < -0.3 is 15.2 Å². The van der Waals surface area contributed by atoms with E-state index >= 15 is 0 Å². The lowest BCUT2D eigenvalue weighted by Crippen LogP contribution is -2.31. The summed E-state index contributed by atoms with van der Waals surface area (Å²) in [5.74, 6) is 0. The summed E-state index contributed by atoms with van der Waals surface area (Å²) in [6, 6.07) is 4.73. The lowest BCUT2D eigenvalue weighted by atomic mass is 10.1. The Morgan fingerprint density at radius 3 is 2.35 bits per heavy atom. The van der Waals surface area contributed by atoms with Crippen molar-refractivity contribution in [2.75, 3.05) is 20.3 Å². The fraction of sp³-hybridized carbons (Fsp3) is 0.571. The smallest absolute Gasteiger partial charge is 0.387 e. The van der Waals surface area contributed by atoms with Crippen molar-refractivity contribution in [2.45, 2.75) is 31.7 Å². The Hall–Kier alpha value is -1.11. The van der Waals surface area contributed by atoms with E-state index in [1.165, 1.54) is 12.1 Å². The van der Waals surface area contributed by atoms with Crippen molar-refractivity contribution in [3.63, 3.8) is 0 Å². The molecule has 0 fully saturated rings. The number of hydrogen-bond acceptors (Lipinski definition) is 3. The van der Waals surface area contributed by atoms with Crippen molar-refractivity contribution in [1.29, 1.82) is 0 Å². The van der Waals surface area contributed by atoms with E-state index in [4.69, 9.17) is 4.74 Å². The summed E-state index contributed by atoms with van der Waals surface area (Å²) in [6.07, 6.45) is -4.38. The highest BCUT2D eigenvalue weighted by Gasteiger charge is 2.30. The summed E-state index contributed by atoms with van der Waals surface area (Å²) < 4.78 is 42.2. The minimum Gasteiger partial charge on any atom is -0.387 e. The molecule has 0 aliphatic heterocycles. The molecule has 0 saturated heterocycles. The minimum atomic E-state index is -4.35. The summed E-state index contributed by atoms with van der Waals surface area (Å²) in [4.78, 5) is 0. The van der Waals surface area contributed by atoms with Gasteiger partial charge in [-0.1, -0.05) is 12.1 Å². The molecule has 2 atom stereocenters. The van der Waals surface area contributed by atoms with Crippen LogP contribution < -0.4 is 5.32 Å². The lowest BCUT2D eigenvalue weighted by Gasteiger charge is -2.17. The quantitative estimate of drug-likeness (QED) is 0.811. The van der Waals surface area contributed by atoms with Crippen LogP contribution in [0.25, 0.3) is 0 Å². The third-order valence-corrected chi connectivity index (χ3v) is 3.04. The molecule has 3 nitrogen and oxygen atoms in total. The molecule has 2 unspecified atom stereocenters. The van der Waals surface area contributed by atoms with Gasteiger partial charge >= 0.3 is 6.18 Å². The highest BCUT2D eigenvalue weighted by molar-refractivity contribution is 5.26. The topological polar surface area (TPSA) is 41.5 Å². The molecule has 0 bridgehead atoms. The Morgan fingerprint density at radius 1 is 1.25 bits per heavy atom. The third kappa shape index (κ3) is 5.48. The molecule has 0 aliphatic carbocycles. The van der Waals surface area contributed by atoms with Gasteiger partial charge in [-0.25, -0.2) is 0 Å². The molecule has 1 rings (SSSR count). The summed E-state index contributed by atoms with van der Waals surface area (Å²) in [6.45, 7) is 2.86. The van der Waals surface area contributed by atoms with E-state index in [-0.39, 0.29) is 12.6 Å². The Bertz CT molecular complexity index is 392. The van der Waals surface area contributed by atoms with Gasteiger partial charge in [0.1, 0.15) is 0 Å². The van der Waals surface area contributed by atoms with Gasteiger partial charge in [-0.05, 0) is 31.0 Å². The molecule has 0 spiro atoms. The Balaban J connectivity index is 2.49. The first kappa shape index (κ1) is 16.9. The Kier molecular flexibility index (Phi) is 6.45. The van der Waals surface area contributed by atoms with Gasteiger partial charge in [0.2, 0.25) is 0 Å². The fourth-order valence-corrected chi connectivity index (χ4v) is 1.72. The van der Waals surface area contributed by atoms with E-state index in [0.717, 1.165) is 18.6 Å². The van der Waals surface area contributed by atoms with Gasteiger partial charge in [0, 0.05) is 26.3 Å². The maximum Gasteiger partial charge on any atom is 0.416 e. The summed E-state index contributed by atoms with van der Waals surface area (Å²) in [5.41, 5.74) is -0.251. The number of hydrogen-bond donors (Lipinski definition) is 2. The first-order chi connectivity index (χ1) is 9.34. The Morgan fingerprint density at radius 2 is 1.85 bits per heavy atom. The van der Waals surface area contributed by atoms with E-state index in [1.54, 1.807) is 7.11 Å². The molecule has 6 heteroatoms. The molecule has 114 valence electrons.